The summed E-state index contributed by atoms with van der Waals surface area (Å²) < 4.78 is 0. The topological polar surface area (TPSA) is 29.0 Å². The molecule has 14 heavy (non-hydrogen) atoms. The van der Waals surface area contributed by atoms with Gasteiger partial charge in [-0.2, -0.15) is 0 Å². The predicted molar refractivity (Wildman–Crippen MR) is 56.0 cm³/mol. The SMILES string of the molecule is c1ncc(CCN2CCCCC2)cn1. The highest BCUT2D eigenvalue weighted by molar-refractivity contribution is 5.02. The molecule has 1 fully saturated rings. The summed E-state index contributed by atoms with van der Waals surface area (Å²) in [6.45, 7) is 3.70. The third-order valence-electron chi connectivity index (χ3n) is 2.78. The van der Waals surface area contributed by atoms with Crippen LogP contribution in [0.15, 0.2) is 18.7 Å². The lowest BCUT2D eigenvalue weighted by Gasteiger charge is -2.26. The molecule has 0 bridgehead atoms. The smallest absolute Gasteiger partial charge is 0.115 e. The highest BCUT2D eigenvalue weighted by Crippen LogP contribution is 2.09. The quantitative estimate of drug-likeness (QED) is 0.725. The van der Waals surface area contributed by atoms with Crippen LogP contribution < -0.4 is 0 Å². The van der Waals surface area contributed by atoms with Gasteiger partial charge in [0.05, 0.1) is 0 Å². The standard InChI is InChI=1S/C11H17N3/c1-2-5-14(6-3-1)7-4-11-8-12-10-13-9-11/h8-10H,1-7H2. The first-order valence-corrected chi connectivity index (χ1v) is 5.41. The Morgan fingerprint density at radius 1 is 1.07 bits per heavy atom. The molecule has 3 heteroatoms. The van der Waals surface area contributed by atoms with Gasteiger partial charge in [-0.15, -0.1) is 0 Å². The number of hydrogen-bond donors (Lipinski definition) is 0. The van der Waals surface area contributed by atoms with E-state index in [9.17, 15) is 0 Å². The highest BCUT2D eigenvalue weighted by atomic mass is 15.1. The molecule has 1 saturated heterocycles. The van der Waals surface area contributed by atoms with Crippen LogP contribution in [-0.2, 0) is 6.42 Å². The number of aromatic nitrogens is 2. The van der Waals surface area contributed by atoms with Crippen molar-refractivity contribution in [2.45, 2.75) is 25.7 Å². The molecule has 1 aromatic heterocycles. The third-order valence-corrected chi connectivity index (χ3v) is 2.78. The summed E-state index contributed by atoms with van der Waals surface area (Å²) in [7, 11) is 0. The highest BCUT2D eigenvalue weighted by Gasteiger charge is 2.09. The van der Waals surface area contributed by atoms with E-state index in [1.165, 1.54) is 37.9 Å². The van der Waals surface area contributed by atoms with Gasteiger partial charge in [-0.3, -0.25) is 0 Å². The molecular formula is C11H17N3. The van der Waals surface area contributed by atoms with Gasteiger partial charge in [-0.1, -0.05) is 6.42 Å². The Morgan fingerprint density at radius 2 is 1.79 bits per heavy atom. The number of rotatable bonds is 3. The van der Waals surface area contributed by atoms with Crippen molar-refractivity contribution in [1.29, 1.82) is 0 Å². The van der Waals surface area contributed by atoms with Crippen LogP contribution in [0, 0.1) is 0 Å². The largest absolute Gasteiger partial charge is 0.303 e. The lowest BCUT2D eigenvalue weighted by molar-refractivity contribution is 0.231. The Balaban J connectivity index is 1.76. The molecule has 1 aliphatic rings. The zero-order valence-electron chi connectivity index (χ0n) is 8.52. The summed E-state index contributed by atoms with van der Waals surface area (Å²) >= 11 is 0. The lowest BCUT2D eigenvalue weighted by Crippen LogP contribution is -2.31. The maximum atomic E-state index is 4.02. The van der Waals surface area contributed by atoms with E-state index in [-0.39, 0.29) is 0 Å². The first-order valence-electron chi connectivity index (χ1n) is 5.41. The first-order chi connectivity index (χ1) is 6.95. The van der Waals surface area contributed by atoms with Gasteiger partial charge in [-0.05, 0) is 37.9 Å². The van der Waals surface area contributed by atoms with Gasteiger partial charge in [0.2, 0.25) is 0 Å². The van der Waals surface area contributed by atoms with Gasteiger partial charge < -0.3 is 4.90 Å². The second-order valence-corrected chi connectivity index (χ2v) is 3.90. The average Bonchev–Trinajstić information content (AvgIpc) is 2.29. The predicted octanol–water partition coefficient (Wildman–Crippen LogP) is 1.50. The molecule has 0 atom stereocenters. The zero-order valence-corrected chi connectivity index (χ0v) is 8.52. The summed E-state index contributed by atoms with van der Waals surface area (Å²) in [5.41, 5.74) is 1.25. The van der Waals surface area contributed by atoms with Crippen LogP contribution in [0.3, 0.4) is 0 Å². The number of likely N-dealkylation sites (tertiary alicyclic amines) is 1. The van der Waals surface area contributed by atoms with E-state index in [0.717, 1.165) is 13.0 Å². The van der Waals surface area contributed by atoms with Crippen molar-refractivity contribution in [3.8, 4) is 0 Å². The molecule has 0 aromatic carbocycles. The summed E-state index contributed by atoms with van der Waals surface area (Å²) in [4.78, 5) is 10.6. The average molecular weight is 191 g/mol. The fraction of sp³-hybridized carbons (Fsp3) is 0.636. The van der Waals surface area contributed by atoms with Crippen molar-refractivity contribution in [1.82, 2.24) is 14.9 Å². The molecule has 0 aliphatic carbocycles. The summed E-state index contributed by atoms with van der Waals surface area (Å²) in [5.74, 6) is 0. The number of piperidine rings is 1. The van der Waals surface area contributed by atoms with Gasteiger partial charge in [0.15, 0.2) is 0 Å². The van der Waals surface area contributed by atoms with E-state index >= 15 is 0 Å². The summed E-state index contributed by atoms with van der Waals surface area (Å²) in [5, 5.41) is 0. The van der Waals surface area contributed by atoms with Gasteiger partial charge >= 0.3 is 0 Å². The monoisotopic (exact) mass is 191 g/mol. The maximum absolute atomic E-state index is 4.02. The van der Waals surface area contributed by atoms with Crippen LogP contribution in [0.4, 0.5) is 0 Å². The fourth-order valence-electron chi connectivity index (χ4n) is 1.93. The first kappa shape index (κ1) is 9.59. The Hall–Kier alpha value is -0.960. The lowest BCUT2D eigenvalue weighted by atomic mass is 10.1. The Labute approximate surface area is 85.2 Å². The van der Waals surface area contributed by atoms with Crippen molar-refractivity contribution >= 4 is 0 Å². The maximum Gasteiger partial charge on any atom is 0.115 e. The third kappa shape index (κ3) is 2.77. The molecule has 0 spiro atoms. The van der Waals surface area contributed by atoms with Crippen LogP contribution in [0.25, 0.3) is 0 Å². The van der Waals surface area contributed by atoms with Crippen molar-refractivity contribution in [2.24, 2.45) is 0 Å². The molecule has 0 saturated carbocycles. The van der Waals surface area contributed by atoms with Gasteiger partial charge in [-0.25, -0.2) is 9.97 Å². The molecule has 2 rings (SSSR count). The van der Waals surface area contributed by atoms with Gasteiger partial charge in [0.25, 0.3) is 0 Å². The molecule has 76 valence electrons. The molecule has 1 aromatic rings. The van der Waals surface area contributed by atoms with Crippen LogP contribution in [0.5, 0.6) is 0 Å². The van der Waals surface area contributed by atoms with E-state index in [0.29, 0.717) is 0 Å². The van der Waals surface area contributed by atoms with E-state index in [1.807, 2.05) is 12.4 Å². The molecule has 2 heterocycles. The van der Waals surface area contributed by atoms with E-state index in [1.54, 1.807) is 6.33 Å². The summed E-state index contributed by atoms with van der Waals surface area (Å²) in [6, 6.07) is 0. The molecule has 3 nitrogen and oxygen atoms in total. The minimum Gasteiger partial charge on any atom is -0.303 e. The minimum absolute atomic E-state index is 1.08. The van der Waals surface area contributed by atoms with Crippen molar-refractivity contribution in [3.05, 3.63) is 24.3 Å². The van der Waals surface area contributed by atoms with Crippen LogP contribution in [0.1, 0.15) is 24.8 Å². The number of hydrogen-bond acceptors (Lipinski definition) is 3. The van der Waals surface area contributed by atoms with Crippen LogP contribution in [-0.4, -0.2) is 34.5 Å². The molecule has 1 aliphatic heterocycles. The Morgan fingerprint density at radius 3 is 2.50 bits per heavy atom. The zero-order chi connectivity index (χ0) is 9.64. The van der Waals surface area contributed by atoms with Crippen LogP contribution in [0.2, 0.25) is 0 Å². The Kier molecular flexibility index (Phi) is 3.46. The molecule has 0 amide bonds. The van der Waals surface area contributed by atoms with Crippen molar-refractivity contribution < 1.29 is 0 Å². The minimum atomic E-state index is 1.08. The second kappa shape index (κ2) is 5.05. The van der Waals surface area contributed by atoms with Crippen molar-refractivity contribution in [2.75, 3.05) is 19.6 Å². The van der Waals surface area contributed by atoms with Crippen LogP contribution >= 0.6 is 0 Å². The molecule has 0 unspecified atom stereocenters. The fourth-order valence-corrected chi connectivity index (χ4v) is 1.93. The van der Waals surface area contributed by atoms with E-state index in [2.05, 4.69) is 14.9 Å². The van der Waals surface area contributed by atoms with Gasteiger partial charge in [0, 0.05) is 18.9 Å². The normalized spacial score (nSPS) is 18.3. The summed E-state index contributed by atoms with van der Waals surface area (Å²) in [6.07, 6.45) is 10.6. The molecular weight excluding hydrogens is 174 g/mol. The Bertz CT molecular complexity index is 254. The number of nitrogens with zero attached hydrogens (tertiary/aromatic N) is 3. The van der Waals surface area contributed by atoms with E-state index in [4.69, 9.17) is 0 Å². The van der Waals surface area contributed by atoms with Gasteiger partial charge in [0.1, 0.15) is 6.33 Å². The molecule has 0 N–H and O–H groups in total. The van der Waals surface area contributed by atoms with E-state index < -0.39 is 0 Å². The molecule has 0 radical (unpaired) electrons. The second-order valence-electron chi connectivity index (χ2n) is 3.90. The van der Waals surface area contributed by atoms with Crippen molar-refractivity contribution in [3.63, 3.8) is 0 Å².